The van der Waals surface area contributed by atoms with E-state index in [2.05, 4.69) is 37.6 Å². The van der Waals surface area contributed by atoms with Gasteiger partial charge in [-0.1, -0.05) is 6.92 Å². The van der Waals surface area contributed by atoms with E-state index in [0.29, 0.717) is 4.60 Å². The Morgan fingerprint density at radius 2 is 2.06 bits per heavy atom. The first-order valence-corrected chi connectivity index (χ1v) is 6.77. The van der Waals surface area contributed by atoms with E-state index in [4.69, 9.17) is 5.11 Å². The van der Waals surface area contributed by atoms with Crippen LogP contribution in [-0.2, 0) is 0 Å². The Bertz CT molecular complexity index is 445. The zero-order valence-electron chi connectivity index (χ0n) is 10.3. The van der Waals surface area contributed by atoms with Crippen molar-refractivity contribution in [2.24, 2.45) is 0 Å². The van der Waals surface area contributed by atoms with E-state index >= 15 is 0 Å². The van der Waals surface area contributed by atoms with Crippen LogP contribution in [0.5, 0.6) is 0 Å². The molecule has 6 heteroatoms. The average molecular weight is 314 g/mol. The maximum absolute atomic E-state index is 11.0. The van der Waals surface area contributed by atoms with Crippen molar-refractivity contribution in [2.75, 3.05) is 37.6 Å². The molecule has 0 atom stereocenters. The molecule has 98 valence electrons. The molecule has 1 fully saturated rings. The highest BCUT2D eigenvalue weighted by Gasteiger charge is 2.18. The first-order chi connectivity index (χ1) is 8.60. The molecule has 1 N–H and O–H groups in total. The lowest BCUT2D eigenvalue weighted by molar-refractivity contribution is 0.0696. The van der Waals surface area contributed by atoms with Crippen molar-refractivity contribution in [3.05, 3.63) is 22.3 Å². The summed E-state index contributed by atoms with van der Waals surface area (Å²) < 4.78 is 0.565. The fourth-order valence-electron chi connectivity index (χ4n) is 2.06. The molecule has 1 aromatic rings. The van der Waals surface area contributed by atoms with Crippen molar-refractivity contribution in [1.29, 1.82) is 0 Å². The maximum atomic E-state index is 11.0. The summed E-state index contributed by atoms with van der Waals surface area (Å²) in [7, 11) is 0. The second-order valence-electron chi connectivity index (χ2n) is 4.26. The minimum absolute atomic E-state index is 0.268. The van der Waals surface area contributed by atoms with Crippen LogP contribution in [0, 0.1) is 0 Å². The highest BCUT2D eigenvalue weighted by atomic mass is 79.9. The molecule has 1 aliphatic rings. The van der Waals surface area contributed by atoms with Crippen molar-refractivity contribution in [3.63, 3.8) is 0 Å². The van der Waals surface area contributed by atoms with Crippen LogP contribution in [0.1, 0.15) is 17.3 Å². The molecule has 2 rings (SSSR count). The van der Waals surface area contributed by atoms with Gasteiger partial charge in [-0.05, 0) is 34.6 Å². The fourth-order valence-corrected chi connectivity index (χ4v) is 2.49. The third-order valence-electron chi connectivity index (χ3n) is 3.17. The number of rotatable bonds is 3. The zero-order valence-corrected chi connectivity index (χ0v) is 11.9. The van der Waals surface area contributed by atoms with E-state index < -0.39 is 5.97 Å². The Morgan fingerprint density at radius 3 is 2.61 bits per heavy atom. The molecule has 0 unspecified atom stereocenters. The minimum Gasteiger partial charge on any atom is -0.478 e. The predicted octanol–water partition coefficient (Wildman–Crippen LogP) is 1.68. The number of anilines is 1. The van der Waals surface area contributed by atoms with Crippen molar-refractivity contribution in [2.45, 2.75) is 6.92 Å². The van der Waals surface area contributed by atoms with Gasteiger partial charge in [0.25, 0.3) is 0 Å². The van der Waals surface area contributed by atoms with Crippen LogP contribution in [0.2, 0.25) is 0 Å². The Morgan fingerprint density at radius 1 is 1.39 bits per heavy atom. The van der Waals surface area contributed by atoms with Gasteiger partial charge in [-0.15, -0.1) is 0 Å². The third-order valence-corrected chi connectivity index (χ3v) is 3.58. The SMILES string of the molecule is CCN1CCN(c2cc(C(=O)O)cc(Br)n2)CC1. The van der Waals surface area contributed by atoms with Gasteiger partial charge in [0.1, 0.15) is 10.4 Å². The largest absolute Gasteiger partial charge is 0.478 e. The molecule has 0 bridgehead atoms. The molecule has 0 amide bonds. The fraction of sp³-hybridized carbons (Fsp3) is 0.500. The van der Waals surface area contributed by atoms with Gasteiger partial charge in [-0.3, -0.25) is 0 Å². The van der Waals surface area contributed by atoms with Gasteiger partial charge in [0.05, 0.1) is 5.56 Å². The van der Waals surface area contributed by atoms with Crippen molar-refractivity contribution < 1.29 is 9.90 Å². The molecular formula is C12H16BrN3O2. The molecule has 0 saturated carbocycles. The second kappa shape index (κ2) is 5.67. The average Bonchev–Trinajstić information content (AvgIpc) is 2.38. The molecule has 5 nitrogen and oxygen atoms in total. The van der Waals surface area contributed by atoms with Crippen LogP contribution in [0.25, 0.3) is 0 Å². The molecule has 0 radical (unpaired) electrons. The normalized spacial score (nSPS) is 16.9. The smallest absolute Gasteiger partial charge is 0.335 e. The van der Waals surface area contributed by atoms with Crippen LogP contribution in [0.3, 0.4) is 0 Å². The van der Waals surface area contributed by atoms with Crippen molar-refractivity contribution in [3.8, 4) is 0 Å². The number of aromatic nitrogens is 1. The van der Waals surface area contributed by atoms with E-state index in [1.807, 2.05) is 0 Å². The summed E-state index contributed by atoms with van der Waals surface area (Å²) in [5, 5.41) is 9.04. The Kier molecular flexibility index (Phi) is 4.19. The van der Waals surface area contributed by atoms with E-state index in [-0.39, 0.29) is 5.56 Å². The number of carbonyl (C=O) groups is 1. The van der Waals surface area contributed by atoms with E-state index in [1.165, 1.54) is 6.07 Å². The van der Waals surface area contributed by atoms with Crippen LogP contribution in [0.15, 0.2) is 16.7 Å². The molecule has 0 aromatic carbocycles. The number of aromatic carboxylic acids is 1. The number of carboxylic acid groups (broad SMARTS) is 1. The van der Waals surface area contributed by atoms with Gasteiger partial charge >= 0.3 is 5.97 Å². The van der Waals surface area contributed by atoms with E-state index in [9.17, 15) is 4.79 Å². The van der Waals surface area contributed by atoms with Crippen LogP contribution in [0.4, 0.5) is 5.82 Å². The molecule has 1 saturated heterocycles. The van der Waals surface area contributed by atoms with E-state index in [0.717, 1.165) is 38.5 Å². The number of carboxylic acids is 1. The lowest BCUT2D eigenvalue weighted by Crippen LogP contribution is -2.46. The summed E-state index contributed by atoms with van der Waals surface area (Å²) in [4.78, 5) is 19.9. The maximum Gasteiger partial charge on any atom is 0.335 e. The summed E-state index contributed by atoms with van der Waals surface area (Å²) >= 11 is 3.26. The van der Waals surface area contributed by atoms with Gasteiger partial charge in [0.2, 0.25) is 0 Å². The van der Waals surface area contributed by atoms with Crippen molar-refractivity contribution >= 4 is 27.7 Å². The number of halogens is 1. The predicted molar refractivity (Wildman–Crippen MR) is 73.2 cm³/mol. The molecule has 0 spiro atoms. The number of hydrogen-bond donors (Lipinski definition) is 1. The molecule has 18 heavy (non-hydrogen) atoms. The highest BCUT2D eigenvalue weighted by molar-refractivity contribution is 9.10. The number of likely N-dealkylation sites (N-methyl/N-ethyl adjacent to an activating group) is 1. The molecule has 1 aliphatic heterocycles. The second-order valence-corrected chi connectivity index (χ2v) is 5.08. The lowest BCUT2D eigenvalue weighted by atomic mass is 10.2. The van der Waals surface area contributed by atoms with Gasteiger partial charge < -0.3 is 14.9 Å². The van der Waals surface area contributed by atoms with Gasteiger partial charge in [0, 0.05) is 26.2 Å². The first kappa shape index (κ1) is 13.3. The number of hydrogen-bond acceptors (Lipinski definition) is 4. The minimum atomic E-state index is -0.924. The Labute approximate surface area is 115 Å². The summed E-state index contributed by atoms with van der Waals surface area (Å²) in [6.45, 7) is 6.96. The number of nitrogens with zero attached hydrogens (tertiary/aromatic N) is 3. The van der Waals surface area contributed by atoms with Gasteiger partial charge in [-0.2, -0.15) is 0 Å². The lowest BCUT2D eigenvalue weighted by Gasteiger charge is -2.34. The van der Waals surface area contributed by atoms with E-state index in [1.54, 1.807) is 6.07 Å². The topological polar surface area (TPSA) is 56.7 Å². The van der Waals surface area contributed by atoms with Gasteiger partial charge in [0.15, 0.2) is 0 Å². The zero-order chi connectivity index (χ0) is 13.1. The Hall–Kier alpha value is -1.14. The molecule has 2 heterocycles. The summed E-state index contributed by atoms with van der Waals surface area (Å²) in [6.07, 6.45) is 0. The summed E-state index contributed by atoms with van der Waals surface area (Å²) in [5.41, 5.74) is 0.268. The standard InChI is InChI=1S/C12H16BrN3O2/c1-2-15-3-5-16(6-4-15)11-8-9(12(17)18)7-10(13)14-11/h7-8H,2-6H2,1H3,(H,17,18). The van der Waals surface area contributed by atoms with Crippen LogP contribution < -0.4 is 4.90 Å². The summed E-state index contributed by atoms with van der Waals surface area (Å²) in [6, 6.07) is 3.16. The molecule has 1 aromatic heterocycles. The van der Waals surface area contributed by atoms with Crippen molar-refractivity contribution in [1.82, 2.24) is 9.88 Å². The molecule has 0 aliphatic carbocycles. The number of piperazine rings is 1. The van der Waals surface area contributed by atoms with Crippen LogP contribution >= 0.6 is 15.9 Å². The summed E-state index contributed by atoms with van der Waals surface area (Å²) in [5.74, 6) is -0.191. The third kappa shape index (κ3) is 3.00. The molecular weight excluding hydrogens is 298 g/mol. The van der Waals surface area contributed by atoms with Gasteiger partial charge in [-0.25, -0.2) is 9.78 Å². The quantitative estimate of drug-likeness (QED) is 0.861. The first-order valence-electron chi connectivity index (χ1n) is 5.98. The monoisotopic (exact) mass is 313 g/mol. The van der Waals surface area contributed by atoms with Crippen LogP contribution in [-0.4, -0.2) is 53.7 Å². The highest BCUT2D eigenvalue weighted by Crippen LogP contribution is 2.20. The Balaban J connectivity index is 2.16. The number of pyridine rings is 1.